The predicted octanol–water partition coefficient (Wildman–Crippen LogP) is -0.487. The molecule has 0 radical (unpaired) electrons. The highest BCUT2D eigenvalue weighted by molar-refractivity contribution is 7.96. The number of hydrogen-bond donors (Lipinski definition) is 5. The highest BCUT2D eigenvalue weighted by Crippen LogP contribution is 2.05. The van der Waals surface area contributed by atoms with Crippen molar-refractivity contribution in [2.75, 3.05) is 13.1 Å². The summed E-state index contributed by atoms with van der Waals surface area (Å²) in [6, 6.07) is -1.18. The monoisotopic (exact) mass is 290 g/mol. The van der Waals surface area contributed by atoms with Gasteiger partial charge in [0.25, 0.3) is 0 Å². The Labute approximate surface area is 120 Å². The number of thiol groups is 1. The summed E-state index contributed by atoms with van der Waals surface area (Å²) in [5, 5.41) is 2.29. The van der Waals surface area contributed by atoms with E-state index >= 15 is 0 Å². The first-order chi connectivity index (χ1) is 9.02. The van der Waals surface area contributed by atoms with Crippen LogP contribution in [0.15, 0.2) is 0 Å². The smallest absolute Gasteiger partial charge is 0.237 e. The molecule has 0 aromatic heterocycles. The van der Waals surface area contributed by atoms with Gasteiger partial charge in [-0.15, -0.1) is 12.6 Å². The minimum absolute atomic E-state index is 0.308. The van der Waals surface area contributed by atoms with Crippen molar-refractivity contribution in [3.05, 3.63) is 0 Å². The third-order valence-electron chi connectivity index (χ3n) is 2.87. The molecule has 0 aliphatic heterocycles. The third kappa shape index (κ3) is 8.99. The van der Waals surface area contributed by atoms with Crippen molar-refractivity contribution in [2.24, 2.45) is 17.2 Å². The standard InChI is InChI=1S/C12H26N4O2S/c13-7-3-1-5-9(15)11(17)16-10(12(18)19)6-2-4-8-14/h9-10H,1-8,13-15H2,(H,16,17)(H,18,19)/t9-,10-/m0/s1. The van der Waals surface area contributed by atoms with Crippen molar-refractivity contribution in [2.45, 2.75) is 50.6 Å². The average Bonchev–Trinajstić information content (AvgIpc) is 2.37. The third-order valence-corrected chi connectivity index (χ3v) is 3.18. The van der Waals surface area contributed by atoms with Gasteiger partial charge in [-0.25, -0.2) is 0 Å². The van der Waals surface area contributed by atoms with Gasteiger partial charge in [0.15, 0.2) is 0 Å². The van der Waals surface area contributed by atoms with Crippen molar-refractivity contribution >= 4 is 23.7 Å². The van der Waals surface area contributed by atoms with Crippen LogP contribution >= 0.6 is 12.6 Å². The van der Waals surface area contributed by atoms with Crippen molar-refractivity contribution < 1.29 is 9.59 Å². The average molecular weight is 290 g/mol. The second kappa shape index (κ2) is 11.2. The molecule has 1 amide bonds. The van der Waals surface area contributed by atoms with E-state index in [1.807, 2.05) is 0 Å². The molecule has 2 atom stereocenters. The van der Waals surface area contributed by atoms with Crippen LogP contribution in [0.3, 0.4) is 0 Å². The zero-order chi connectivity index (χ0) is 14.7. The van der Waals surface area contributed by atoms with Crippen molar-refractivity contribution in [3.63, 3.8) is 0 Å². The number of amides is 1. The highest BCUT2D eigenvalue weighted by atomic mass is 32.1. The maximum absolute atomic E-state index is 11.8. The molecule has 0 aliphatic rings. The van der Waals surface area contributed by atoms with Crippen LogP contribution in [0.2, 0.25) is 0 Å². The summed E-state index contributed by atoms with van der Waals surface area (Å²) < 4.78 is 0. The van der Waals surface area contributed by atoms with Crippen LogP contribution in [0.4, 0.5) is 0 Å². The second-order valence-electron chi connectivity index (χ2n) is 4.57. The molecule has 7 N–H and O–H groups in total. The number of carbonyl (C=O) groups excluding carboxylic acids is 2. The van der Waals surface area contributed by atoms with E-state index in [1.54, 1.807) is 0 Å². The summed E-state index contributed by atoms with van der Waals surface area (Å²) in [7, 11) is 0. The first-order valence-corrected chi connectivity index (χ1v) is 7.16. The van der Waals surface area contributed by atoms with Crippen LogP contribution < -0.4 is 22.5 Å². The van der Waals surface area contributed by atoms with Gasteiger partial charge in [0.05, 0.1) is 12.1 Å². The maximum atomic E-state index is 11.8. The molecule has 0 heterocycles. The second-order valence-corrected chi connectivity index (χ2v) is 5.02. The van der Waals surface area contributed by atoms with Gasteiger partial charge in [-0.3, -0.25) is 9.59 Å². The van der Waals surface area contributed by atoms with E-state index in [-0.39, 0.29) is 11.0 Å². The Morgan fingerprint density at radius 1 is 1.00 bits per heavy atom. The lowest BCUT2D eigenvalue weighted by Gasteiger charge is -2.18. The summed E-state index contributed by atoms with van der Waals surface area (Å²) in [5.41, 5.74) is 16.5. The first-order valence-electron chi connectivity index (χ1n) is 6.71. The molecule has 0 aromatic rings. The summed E-state index contributed by atoms with van der Waals surface area (Å²) in [6.45, 7) is 1.16. The lowest BCUT2D eigenvalue weighted by Crippen LogP contribution is -2.47. The zero-order valence-corrected chi connectivity index (χ0v) is 12.2. The minimum atomic E-state index is -0.601. The SMILES string of the molecule is NCCCC[C@H](NC(=O)[C@@H](N)CCCCN)C(=O)S. The molecule has 0 saturated carbocycles. The van der Waals surface area contributed by atoms with Gasteiger partial charge in [-0.05, 0) is 45.2 Å². The van der Waals surface area contributed by atoms with E-state index in [4.69, 9.17) is 17.2 Å². The van der Waals surface area contributed by atoms with E-state index in [0.717, 1.165) is 25.7 Å². The number of carbonyl (C=O) groups is 2. The number of unbranched alkanes of at least 4 members (excludes halogenated alkanes) is 2. The molecular weight excluding hydrogens is 264 g/mol. The Morgan fingerprint density at radius 2 is 1.53 bits per heavy atom. The number of hydrogen-bond acceptors (Lipinski definition) is 5. The fourth-order valence-corrected chi connectivity index (χ4v) is 1.86. The number of rotatable bonds is 11. The van der Waals surface area contributed by atoms with Gasteiger partial charge in [0.1, 0.15) is 0 Å². The molecule has 0 rings (SSSR count). The Bertz CT molecular complexity index is 276. The van der Waals surface area contributed by atoms with Crippen molar-refractivity contribution in [3.8, 4) is 0 Å². The fourth-order valence-electron chi connectivity index (χ4n) is 1.67. The molecule has 0 bridgehead atoms. The molecule has 112 valence electrons. The van der Waals surface area contributed by atoms with Gasteiger partial charge in [0, 0.05) is 0 Å². The van der Waals surface area contributed by atoms with Crippen LogP contribution in [-0.2, 0) is 9.59 Å². The zero-order valence-electron chi connectivity index (χ0n) is 11.3. The van der Waals surface area contributed by atoms with Crippen LogP contribution in [0.1, 0.15) is 38.5 Å². The van der Waals surface area contributed by atoms with Crippen LogP contribution in [-0.4, -0.2) is 36.2 Å². The van der Waals surface area contributed by atoms with E-state index < -0.39 is 12.1 Å². The lowest BCUT2D eigenvalue weighted by atomic mass is 10.1. The minimum Gasteiger partial charge on any atom is -0.344 e. The first kappa shape index (κ1) is 18.4. The molecule has 19 heavy (non-hydrogen) atoms. The molecule has 0 aliphatic carbocycles. The molecule has 6 nitrogen and oxygen atoms in total. The predicted molar refractivity (Wildman–Crippen MR) is 79.7 cm³/mol. The van der Waals surface area contributed by atoms with Crippen molar-refractivity contribution in [1.29, 1.82) is 0 Å². The van der Waals surface area contributed by atoms with Gasteiger partial charge in [0.2, 0.25) is 11.0 Å². The van der Waals surface area contributed by atoms with E-state index in [2.05, 4.69) is 17.9 Å². The highest BCUT2D eigenvalue weighted by Gasteiger charge is 2.20. The molecule has 7 heteroatoms. The fraction of sp³-hybridized carbons (Fsp3) is 0.833. The van der Waals surface area contributed by atoms with Gasteiger partial charge in [-0.1, -0.05) is 6.42 Å². The lowest BCUT2D eigenvalue weighted by molar-refractivity contribution is -0.126. The Morgan fingerprint density at radius 3 is 2.00 bits per heavy atom. The Balaban J connectivity index is 4.11. The Kier molecular flexibility index (Phi) is 10.8. The maximum Gasteiger partial charge on any atom is 0.237 e. The van der Waals surface area contributed by atoms with Gasteiger partial charge in [-0.2, -0.15) is 0 Å². The van der Waals surface area contributed by atoms with Crippen LogP contribution in [0.25, 0.3) is 0 Å². The van der Waals surface area contributed by atoms with E-state index in [1.165, 1.54) is 0 Å². The van der Waals surface area contributed by atoms with E-state index in [0.29, 0.717) is 25.9 Å². The van der Waals surface area contributed by atoms with Gasteiger partial charge >= 0.3 is 0 Å². The summed E-state index contributed by atoms with van der Waals surface area (Å²) >= 11 is 3.78. The summed E-state index contributed by atoms with van der Waals surface area (Å²) in [6.07, 6.45) is 4.34. The molecule has 0 saturated heterocycles. The van der Waals surface area contributed by atoms with Crippen molar-refractivity contribution in [1.82, 2.24) is 5.32 Å². The number of nitrogens with two attached hydrogens (primary N) is 3. The molecule has 0 fully saturated rings. The largest absolute Gasteiger partial charge is 0.344 e. The molecule has 0 aromatic carbocycles. The summed E-state index contributed by atoms with van der Waals surface area (Å²) in [4.78, 5) is 23.1. The van der Waals surface area contributed by atoms with Gasteiger partial charge < -0.3 is 22.5 Å². The van der Waals surface area contributed by atoms with Crippen LogP contribution in [0.5, 0.6) is 0 Å². The van der Waals surface area contributed by atoms with Crippen LogP contribution in [0, 0.1) is 0 Å². The topological polar surface area (TPSA) is 124 Å². The number of nitrogens with one attached hydrogen (secondary N) is 1. The normalized spacial score (nSPS) is 13.9. The molecule has 0 spiro atoms. The molecular formula is C12H26N4O2S. The summed E-state index contributed by atoms with van der Waals surface area (Å²) in [5.74, 6) is -0.308. The Hall–Kier alpha value is -0.630. The molecule has 0 unspecified atom stereocenters. The van der Waals surface area contributed by atoms with E-state index in [9.17, 15) is 9.59 Å². The quantitative estimate of drug-likeness (QED) is 0.259.